The van der Waals surface area contributed by atoms with E-state index in [1.165, 1.54) is 5.06 Å². The molecule has 1 rings (SSSR count). The second kappa shape index (κ2) is 3.93. The molecular weight excluding hydrogens is 194 g/mol. The van der Waals surface area contributed by atoms with Crippen LogP contribution < -0.4 is 0 Å². The van der Waals surface area contributed by atoms with Crippen molar-refractivity contribution in [3.8, 4) is 0 Å². The molecular formula is C11H19NO3. The molecule has 0 saturated carbocycles. The van der Waals surface area contributed by atoms with E-state index in [9.17, 15) is 9.59 Å². The number of hydrogen-bond acceptors (Lipinski definition) is 3. The summed E-state index contributed by atoms with van der Waals surface area (Å²) in [6.45, 7) is 8.43. The Morgan fingerprint density at radius 1 is 1.53 bits per heavy atom. The van der Waals surface area contributed by atoms with Gasteiger partial charge in [-0.1, -0.05) is 20.8 Å². The van der Waals surface area contributed by atoms with Gasteiger partial charge in [-0.25, -0.2) is 5.06 Å². The molecule has 4 heteroatoms. The van der Waals surface area contributed by atoms with Crippen LogP contribution in [0.5, 0.6) is 0 Å². The zero-order valence-electron chi connectivity index (χ0n) is 9.87. The van der Waals surface area contributed by atoms with Crippen LogP contribution >= 0.6 is 0 Å². The molecule has 4 nitrogen and oxygen atoms in total. The highest BCUT2D eigenvalue weighted by Crippen LogP contribution is 2.41. The van der Waals surface area contributed by atoms with Gasteiger partial charge in [-0.3, -0.25) is 9.63 Å². The summed E-state index contributed by atoms with van der Waals surface area (Å²) in [7, 11) is 0. The Kier molecular flexibility index (Phi) is 3.19. The van der Waals surface area contributed by atoms with Crippen molar-refractivity contribution < 1.29 is 14.4 Å². The normalized spacial score (nSPS) is 27.2. The molecule has 0 bridgehead atoms. The molecule has 0 N–H and O–H groups in total. The van der Waals surface area contributed by atoms with Gasteiger partial charge in [-0.05, 0) is 12.3 Å². The number of carbonyl (C=O) groups excluding carboxylic acids is 2. The maximum atomic E-state index is 11.6. The Morgan fingerprint density at radius 3 is 2.53 bits per heavy atom. The first-order valence-corrected chi connectivity index (χ1v) is 5.23. The predicted octanol–water partition coefficient (Wildman–Crippen LogP) is 1.54. The van der Waals surface area contributed by atoms with Gasteiger partial charge < -0.3 is 4.79 Å². The minimum absolute atomic E-state index is 0.0331. The summed E-state index contributed by atoms with van der Waals surface area (Å²) in [6, 6.07) is 0. The summed E-state index contributed by atoms with van der Waals surface area (Å²) in [4.78, 5) is 27.5. The molecule has 1 heterocycles. The fourth-order valence-electron chi connectivity index (χ4n) is 1.45. The quantitative estimate of drug-likeness (QED) is 0.668. The molecule has 0 aromatic heterocycles. The molecule has 0 aromatic carbocycles. The number of hydroxylamine groups is 2. The number of hydrogen-bond donors (Lipinski definition) is 0. The van der Waals surface area contributed by atoms with Crippen LogP contribution in [-0.2, 0) is 14.4 Å². The second-order valence-electron chi connectivity index (χ2n) is 5.20. The van der Waals surface area contributed by atoms with Gasteiger partial charge in [0.05, 0.1) is 13.0 Å². The average molecular weight is 213 g/mol. The summed E-state index contributed by atoms with van der Waals surface area (Å²) in [5, 5.41) is 1.32. The van der Waals surface area contributed by atoms with E-state index in [1.807, 2.05) is 27.7 Å². The zero-order valence-corrected chi connectivity index (χ0v) is 9.87. The van der Waals surface area contributed by atoms with Crippen molar-refractivity contribution in [1.82, 2.24) is 5.06 Å². The number of carbonyl (C=O) groups is 2. The van der Waals surface area contributed by atoms with E-state index in [0.717, 1.165) is 6.29 Å². The standard InChI is InChI=1S/C11H19NO3/c1-10(2,3)11(4)8-9(14)12(15-11)6-5-7-13/h7H,5-6,8H2,1-4H3. The summed E-state index contributed by atoms with van der Waals surface area (Å²) in [6.07, 6.45) is 1.50. The van der Waals surface area contributed by atoms with Gasteiger partial charge in [0.2, 0.25) is 5.91 Å². The lowest BCUT2D eigenvalue weighted by Gasteiger charge is -2.36. The lowest BCUT2D eigenvalue weighted by Crippen LogP contribution is -2.40. The van der Waals surface area contributed by atoms with E-state index in [0.29, 0.717) is 19.4 Å². The molecule has 0 aromatic rings. The fourth-order valence-corrected chi connectivity index (χ4v) is 1.45. The topological polar surface area (TPSA) is 46.6 Å². The SMILES string of the molecule is CC(C)(C)C1(C)CC(=O)N(CCC=O)O1. The van der Waals surface area contributed by atoms with Crippen molar-refractivity contribution in [1.29, 1.82) is 0 Å². The van der Waals surface area contributed by atoms with Crippen molar-refractivity contribution >= 4 is 12.2 Å². The highest BCUT2D eigenvalue weighted by molar-refractivity contribution is 5.78. The van der Waals surface area contributed by atoms with E-state index < -0.39 is 5.60 Å². The first-order valence-electron chi connectivity index (χ1n) is 5.23. The van der Waals surface area contributed by atoms with E-state index in [1.54, 1.807) is 0 Å². The van der Waals surface area contributed by atoms with Crippen molar-refractivity contribution in [2.45, 2.75) is 46.1 Å². The second-order valence-corrected chi connectivity index (χ2v) is 5.20. The molecule has 1 aliphatic rings. The van der Waals surface area contributed by atoms with Crippen molar-refractivity contribution in [3.05, 3.63) is 0 Å². The van der Waals surface area contributed by atoms with Crippen LogP contribution in [0.1, 0.15) is 40.5 Å². The zero-order chi connectivity index (χ0) is 11.7. The summed E-state index contributed by atoms with van der Waals surface area (Å²) < 4.78 is 0. The molecule has 15 heavy (non-hydrogen) atoms. The largest absolute Gasteiger partial charge is 0.303 e. The molecule has 1 unspecified atom stereocenters. The Labute approximate surface area is 90.5 Å². The molecule has 0 spiro atoms. The van der Waals surface area contributed by atoms with Gasteiger partial charge in [0.15, 0.2) is 0 Å². The number of aldehydes is 1. The lowest BCUT2D eigenvalue weighted by atomic mass is 9.76. The summed E-state index contributed by atoms with van der Waals surface area (Å²) in [5.41, 5.74) is -0.564. The third-order valence-electron chi connectivity index (χ3n) is 3.11. The highest BCUT2D eigenvalue weighted by atomic mass is 16.7. The summed E-state index contributed by atoms with van der Waals surface area (Å²) >= 11 is 0. The van der Waals surface area contributed by atoms with E-state index in [2.05, 4.69) is 0 Å². The minimum atomic E-state index is -0.465. The molecule has 1 aliphatic heterocycles. The van der Waals surface area contributed by atoms with Crippen LogP contribution in [0, 0.1) is 5.41 Å². The highest BCUT2D eigenvalue weighted by Gasteiger charge is 2.48. The molecule has 1 saturated heterocycles. The van der Waals surface area contributed by atoms with Gasteiger partial charge in [-0.2, -0.15) is 0 Å². The Bertz CT molecular complexity index is 269. The van der Waals surface area contributed by atoms with E-state index >= 15 is 0 Å². The molecule has 1 fully saturated rings. The number of amides is 1. The van der Waals surface area contributed by atoms with Gasteiger partial charge in [-0.15, -0.1) is 0 Å². The van der Waals surface area contributed by atoms with Crippen LogP contribution in [0.2, 0.25) is 0 Å². The minimum Gasteiger partial charge on any atom is -0.303 e. The molecule has 0 radical (unpaired) electrons. The van der Waals surface area contributed by atoms with Gasteiger partial charge in [0.25, 0.3) is 0 Å². The molecule has 0 aliphatic carbocycles. The third-order valence-corrected chi connectivity index (χ3v) is 3.11. The van der Waals surface area contributed by atoms with E-state index in [4.69, 9.17) is 4.84 Å². The fraction of sp³-hybridized carbons (Fsp3) is 0.818. The lowest BCUT2D eigenvalue weighted by molar-refractivity contribution is -0.220. The van der Waals surface area contributed by atoms with Crippen LogP contribution in [0.4, 0.5) is 0 Å². The first kappa shape index (κ1) is 12.2. The molecule has 1 atom stereocenters. The van der Waals surface area contributed by atoms with Crippen molar-refractivity contribution in [2.75, 3.05) is 6.54 Å². The third kappa shape index (κ3) is 2.37. The van der Waals surface area contributed by atoms with Gasteiger partial charge in [0, 0.05) is 6.42 Å². The molecule has 1 amide bonds. The Hall–Kier alpha value is -0.900. The van der Waals surface area contributed by atoms with Crippen LogP contribution in [0.3, 0.4) is 0 Å². The van der Waals surface area contributed by atoms with Crippen molar-refractivity contribution in [2.24, 2.45) is 5.41 Å². The van der Waals surface area contributed by atoms with Gasteiger partial charge >= 0.3 is 0 Å². The Balaban J connectivity index is 2.70. The smallest absolute Gasteiger partial charge is 0.249 e. The first-order chi connectivity index (χ1) is 6.80. The van der Waals surface area contributed by atoms with Crippen molar-refractivity contribution in [3.63, 3.8) is 0 Å². The van der Waals surface area contributed by atoms with Gasteiger partial charge in [0.1, 0.15) is 11.9 Å². The predicted molar refractivity (Wildman–Crippen MR) is 56.0 cm³/mol. The van der Waals surface area contributed by atoms with E-state index in [-0.39, 0.29) is 11.3 Å². The maximum absolute atomic E-state index is 11.6. The number of nitrogens with zero attached hydrogens (tertiary/aromatic N) is 1. The average Bonchev–Trinajstić information content (AvgIpc) is 2.38. The monoisotopic (exact) mass is 213 g/mol. The van der Waals surface area contributed by atoms with Crippen LogP contribution in [0.25, 0.3) is 0 Å². The maximum Gasteiger partial charge on any atom is 0.249 e. The number of rotatable bonds is 3. The van der Waals surface area contributed by atoms with Crippen LogP contribution in [0.15, 0.2) is 0 Å². The van der Waals surface area contributed by atoms with Crippen LogP contribution in [-0.4, -0.2) is 29.4 Å². The Morgan fingerprint density at radius 2 is 2.13 bits per heavy atom. The summed E-state index contributed by atoms with van der Waals surface area (Å²) in [5.74, 6) is -0.0331. The molecule has 86 valence electrons.